The van der Waals surface area contributed by atoms with Crippen molar-refractivity contribution in [1.29, 1.82) is 0 Å². The molecular weight excluding hydrogens is 1240 g/mol. The van der Waals surface area contributed by atoms with Gasteiger partial charge in [-0.25, -0.2) is 23.6 Å². The molecule has 24 heteroatoms. The summed E-state index contributed by atoms with van der Waals surface area (Å²) in [6.07, 6.45) is -4.04. The molecule has 0 saturated carbocycles. The van der Waals surface area contributed by atoms with E-state index >= 15 is 0 Å². The van der Waals surface area contributed by atoms with Crippen LogP contribution in [0.25, 0.3) is 0 Å². The summed E-state index contributed by atoms with van der Waals surface area (Å²) in [6, 6.07) is 43.9. The van der Waals surface area contributed by atoms with Crippen molar-refractivity contribution in [3.05, 3.63) is 283 Å². The van der Waals surface area contributed by atoms with Gasteiger partial charge in [-0.3, -0.25) is 38.4 Å². The topological polar surface area (TPSA) is 334 Å². The number of carboxylic acids is 4. The normalized spacial score (nSPS) is 10.7. The summed E-state index contributed by atoms with van der Waals surface area (Å²) in [5, 5.41) is 46.0. The molecule has 1 unspecified atom stereocenters. The summed E-state index contributed by atoms with van der Waals surface area (Å²) in [4.78, 5) is 138. The lowest BCUT2D eigenvalue weighted by Crippen LogP contribution is -2.38. The molecule has 0 aliphatic heterocycles. The fourth-order valence-electron chi connectivity index (χ4n) is 8.80. The molecule has 0 aliphatic rings. The van der Waals surface area contributed by atoms with E-state index in [0.717, 1.165) is 52.6 Å². The van der Waals surface area contributed by atoms with Gasteiger partial charge >= 0.3 is 30.1 Å². The van der Waals surface area contributed by atoms with Crippen molar-refractivity contribution >= 4 is 70.6 Å². The predicted molar refractivity (Wildman–Crippen MR) is 338 cm³/mol. The Kier molecular flexibility index (Phi) is 27.1. The summed E-state index contributed by atoms with van der Waals surface area (Å²) in [5.41, 5.74) is 3.30. The Morgan fingerprint density at radius 1 is 0.368 bits per heavy atom. The molecule has 490 valence electrons. The van der Waals surface area contributed by atoms with Crippen LogP contribution in [0.15, 0.2) is 188 Å². The lowest BCUT2D eigenvalue weighted by Gasteiger charge is -2.22. The van der Waals surface area contributed by atoms with Gasteiger partial charge in [0.2, 0.25) is 0 Å². The summed E-state index contributed by atoms with van der Waals surface area (Å²) < 4.78 is 54.1. The molecule has 4 amide bonds. The van der Waals surface area contributed by atoms with E-state index in [-0.39, 0.29) is 104 Å². The molecule has 0 aliphatic carbocycles. The molecule has 8 aromatic carbocycles. The lowest BCUT2D eigenvalue weighted by atomic mass is 10.0. The van der Waals surface area contributed by atoms with Crippen molar-refractivity contribution in [3.8, 4) is 0 Å². The zero-order chi connectivity index (χ0) is 70.1. The lowest BCUT2D eigenvalue weighted by molar-refractivity contribution is -0.155. The number of benzene rings is 8. The Hall–Kier alpha value is -12.1. The highest BCUT2D eigenvalue weighted by molar-refractivity contribution is 6.07. The second-order valence-corrected chi connectivity index (χ2v) is 20.8. The van der Waals surface area contributed by atoms with Crippen LogP contribution in [0.3, 0.4) is 0 Å². The van der Waals surface area contributed by atoms with Gasteiger partial charge in [-0.05, 0) is 110 Å². The van der Waals surface area contributed by atoms with Crippen LogP contribution in [0, 0.1) is 5.82 Å². The van der Waals surface area contributed by atoms with Gasteiger partial charge in [0.1, 0.15) is 17.4 Å². The van der Waals surface area contributed by atoms with Crippen molar-refractivity contribution in [3.63, 3.8) is 0 Å². The fraction of sp³-hybridized carbons (Fsp3) is 0.155. The van der Waals surface area contributed by atoms with E-state index in [4.69, 9.17) is 20.4 Å². The molecule has 95 heavy (non-hydrogen) atoms. The molecule has 0 bridgehead atoms. The van der Waals surface area contributed by atoms with E-state index in [1.165, 1.54) is 107 Å². The zero-order valence-electron chi connectivity index (χ0n) is 51.2. The quantitative estimate of drug-likeness (QED) is 0.0231. The Morgan fingerprint density at radius 2 is 0.663 bits per heavy atom. The van der Waals surface area contributed by atoms with Gasteiger partial charge in [0.05, 0.1) is 44.5 Å². The van der Waals surface area contributed by atoms with Crippen molar-refractivity contribution in [1.82, 2.24) is 21.3 Å². The molecule has 8 aromatic rings. The van der Waals surface area contributed by atoms with Crippen molar-refractivity contribution < 1.29 is 95.5 Å². The first-order valence-corrected chi connectivity index (χ1v) is 28.5. The standard InChI is InChI=1S/C18H14F3NO4.2C18H17NO4.C17H14FNO4/c1-10(23)11-6-8-12(9-7-11)15(18(19,20)21)22-16(24)13-4-2-3-5-14(13)17(25)26;2*1-12(20)10-13-6-8-14(9-7-13)11-19-17(21)15-4-2-3-5-16(15)18(22)23;1-10(20)11-6-7-12(15(18)8-11)9-19-16(21)13-4-2-3-5-14(13)17(22)23/h2-9,15H,1H3,(H,22,24)(H,25,26);2*2-9H,10-11H2,1H3,(H,19,21)(H,22,23);2-8H,9H2,1H3,(H,19,21)(H,22,23). The number of hydrogen-bond acceptors (Lipinski definition) is 12. The van der Waals surface area contributed by atoms with E-state index in [1.54, 1.807) is 30.3 Å². The number of aromatic carboxylic acids is 4. The first-order valence-electron chi connectivity index (χ1n) is 28.5. The number of nitrogens with one attached hydrogen (secondary N) is 4. The number of halogens is 4. The second-order valence-electron chi connectivity index (χ2n) is 20.8. The molecule has 0 heterocycles. The average Bonchev–Trinajstić information content (AvgIpc) is 0.887. The Morgan fingerprint density at radius 3 is 0.958 bits per heavy atom. The third kappa shape index (κ3) is 22.7. The van der Waals surface area contributed by atoms with Gasteiger partial charge in [0, 0.05) is 49.2 Å². The van der Waals surface area contributed by atoms with Gasteiger partial charge in [-0.2, -0.15) is 13.2 Å². The first-order chi connectivity index (χ1) is 44.9. The van der Waals surface area contributed by atoms with Gasteiger partial charge in [-0.15, -0.1) is 0 Å². The maximum absolute atomic E-state index is 13.9. The van der Waals surface area contributed by atoms with E-state index < -0.39 is 71.1 Å². The van der Waals surface area contributed by atoms with E-state index in [9.17, 15) is 75.1 Å². The van der Waals surface area contributed by atoms with Gasteiger partial charge in [0.25, 0.3) is 23.6 Å². The fourth-order valence-corrected chi connectivity index (χ4v) is 8.80. The summed E-state index contributed by atoms with van der Waals surface area (Å²) >= 11 is 0. The van der Waals surface area contributed by atoms with Crippen LogP contribution in [0.4, 0.5) is 17.6 Å². The molecule has 0 saturated heterocycles. The third-order valence-electron chi connectivity index (χ3n) is 13.6. The number of hydrogen-bond donors (Lipinski definition) is 8. The molecule has 8 N–H and O–H groups in total. The summed E-state index contributed by atoms with van der Waals surface area (Å²) in [7, 11) is 0. The number of Topliss-reactive ketones (excluding diaryl/α,β-unsaturated/α-hetero) is 4. The highest BCUT2D eigenvalue weighted by atomic mass is 19.4. The third-order valence-corrected chi connectivity index (χ3v) is 13.6. The molecule has 0 aromatic heterocycles. The molecule has 8 rings (SSSR count). The van der Waals surface area contributed by atoms with Crippen LogP contribution in [0.2, 0.25) is 0 Å². The van der Waals surface area contributed by atoms with Crippen LogP contribution >= 0.6 is 0 Å². The predicted octanol–water partition coefficient (Wildman–Crippen LogP) is 11.2. The number of carbonyl (C=O) groups is 12. The number of rotatable bonds is 22. The Balaban J connectivity index is 0.000000230. The largest absolute Gasteiger partial charge is 0.478 e. The van der Waals surface area contributed by atoms with Gasteiger partial charge in [0.15, 0.2) is 17.6 Å². The SMILES string of the molecule is CC(=O)Cc1ccc(CNC(=O)c2ccccc2C(=O)O)cc1.CC(=O)Cc1ccc(CNC(=O)c2ccccc2C(=O)O)cc1.CC(=O)c1ccc(C(NC(=O)c2ccccc2C(=O)O)C(F)(F)F)cc1.CC(=O)c1ccc(CNC(=O)c2ccccc2C(=O)O)c(F)c1. The Labute approximate surface area is 540 Å². The van der Waals surface area contributed by atoms with E-state index in [1.807, 2.05) is 53.8 Å². The van der Waals surface area contributed by atoms with E-state index in [2.05, 4.69) is 16.0 Å². The van der Waals surface area contributed by atoms with Crippen molar-refractivity contribution in [2.45, 2.75) is 72.4 Å². The van der Waals surface area contributed by atoms with Gasteiger partial charge in [-0.1, -0.05) is 133 Å². The molecule has 0 fully saturated rings. The van der Waals surface area contributed by atoms with Crippen LogP contribution in [-0.4, -0.2) is 97.2 Å². The summed E-state index contributed by atoms with van der Waals surface area (Å²) in [5.74, 6) is -8.54. The molecular formula is C71H62F4N4O16. The van der Waals surface area contributed by atoms with Crippen molar-refractivity contribution in [2.75, 3.05) is 0 Å². The number of amides is 4. The molecule has 20 nitrogen and oxygen atoms in total. The average molecular weight is 1300 g/mol. The van der Waals surface area contributed by atoms with Crippen LogP contribution in [0.5, 0.6) is 0 Å². The van der Waals surface area contributed by atoms with Crippen molar-refractivity contribution in [2.24, 2.45) is 0 Å². The molecule has 1 atom stereocenters. The number of carboxylic acid groups (broad SMARTS) is 4. The molecule has 0 radical (unpaired) electrons. The minimum Gasteiger partial charge on any atom is -0.478 e. The minimum atomic E-state index is -4.81. The maximum Gasteiger partial charge on any atom is 0.412 e. The van der Waals surface area contributed by atoms with E-state index in [0.29, 0.717) is 12.8 Å². The number of carbonyl (C=O) groups excluding carboxylic acids is 8. The van der Waals surface area contributed by atoms with Crippen LogP contribution in [0.1, 0.15) is 171 Å². The highest BCUT2D eigenvalue weighted by Gasteiger charge is 2.42. The smallest absolute Gasteiger partial charge is 0.412 e. The maximum atomic E-state index is 13.9. The second kappa shape index (κ2) is 34.9. The monoisotopic (exact) mass is 1300 g/mol. The number of ketones is 4. The van der Waals surface area contributed by atoms with Crippen LogP contribution in [-0.2, 0) is 42.1 Å². The molecule has 0 spiro atoms. The summed E-state index contributed by atoms with van der Waals surface area (Å²) in [6.45, 7) is 6.14. The number of alkyl halides is 3. The highest BCUT2D eigenvalue weighted by Crippen LogP contribution is 2.33. The minimum absolute atomic E-state index is 0.000708. The first kappa shape index (κ1) is 73.7. The Bertz CT molecular complexity index is 4040. The zero-order valence-corrected chi connectivity index (χ0v) is 51.2. The van der Waals surface area contributed by atoms with Crippen LogP contribution < -0.4 is 21.3 Å². The van der Waals surface area contributed by atoms with Gasteiger partial charge < -0.3 is 41.7 Å².